The highest BCUT2D eigenvalue weighted by Crippen LogP contribution is 2.38. The summed E-state index contributed by atoms with van der Waals surface area (Å²) in [6.07, 6.45) is -1.43. The van der Waals surface area contributed by atoms with E-state index in [2.05, 4.69) is 0 Å². The molecule has 3 nitrogen and oxygen atoms in total. The van der Waals surface area contributed by atoms with E-state index in [4.69, 9.17) is 21.1 Å². The molecular weight excluding hydrogens is 312 g/mol. The first-order valence-corrected chi connectivity index (χ1v) is 7.69. The van der Waals surface area contributed by atoms with Crippen molar-refractivity contribution >= 4 is 28.3 Å². The molecule has 1 aliphatic heterocycles. The van der Waals surface area contributed by atoms with Gasteiger partial charge in [0.25, 0.3) is 0 Å². The van der Waals surface area contributed by atoms with Gasteiger partial charge in [0.15, 0.2) is 6.10 Å². The molecule has 114 valence electrons. The number of hydrogen-bond acceptors (Lipinski definition) is 3. The third-order valence-corrected chi connectivity index (χ3v) is 4.20. The van der Waals surface area contributed by atoms with Crippen LogP contribution < -0.4 is 0 Å². The highest BCUT2D eigenvalue weighted by atomic mass is 35.5. The van der Waals surface area contributed by atoms with Crippen LogP contribution in [0.1, 0.15) is 23.5 Å². The van der Waals surface area contributed by atoms with E-state index in [0.29, 0.717) is 5.02 Å². The number of rotatable bonds is 2. The van der Waals surface area contributed by atoms with Crippen molar-refractivity contribution in [3.8, 4) is 0 Å². The van der Waals surface area contributed by atoms with E-state index in [1.165, 1.54) is 0 Å². The molecular formula is C19H13ClO3. The van der Waals surface area contributed by atoms with Gasteiger partial charge in [-0.1, -0.05) is 66.2 Å². The van der Waals surface area contributed by atoms with Crippen molar-refractivity contribution in [2.45, 2.75) is 12.4 Å². The van der Waals surface area contributed by atoms with Crippen molar-refractivity contribution in [3.63, 3.8) is 0 Å². The van der Waals surface area contributed by atoms with Gasteiger partial charge in [0, 0.05) is 10.6 Å². The number of cyclic esters (lactones) is 1. The van der Waals surface area contributed by atoms with Gasteiger partial charge in [-0.15, -0.1) is 0 Å². The first kappa shape index (κ1) is 14.2. The lowest BCUT2D eigenvalue weighted by Crippen LogP contribution is -2.06. The van der Waals surface area contributed by atoms with Crippen LogP contribution in [0.25, 0.3) is 10.8 Å². The van der Waals surface area contributed by atoms with Crippen LogP contribution in [0.15, 0.2) is 66.7 Å². The van der Waals surface area contributed by atoms with Gasteiger partial charge in [-0.05, 0) is 28.5 Å². The maximum Gasteiger partial charge on any atom is 0.342 e. The molecule has 23 heavy (non-hydrogen) atoms. The van der Waals surface area contributed by atoms with Crippen LogP contribution in [0.2, 0.25) is 5.02 Å². The first-order chi connectivity index (χ1) is 11.2. The number of carbonyl (C=O) groups is 1. The summed E-state index contributed by atoms with van der Waals surface area (Å²) in [7, 11) is 0. The minimum Gasteiger partial charge on any atom is -0.429 e. The van der Waals surface area contributed by atoms with Crippen molar-refractivity contribution in [3.05, 3.63) is 82.9 Å². The highest BCUT2D eigenvalue weighted by Gasteiger charge is 2.37. The molecule has 1 aliphatic rings. The van der Waals surface area contributed by atoms with Gasteiger partial charge in [0.2, 0.25) is 6.29 Å². The summed E-state index contributed by atoms with van der Waals surface area (Å²) in [5.41, 5.74) is 1.59. The lowest BCUT2D eigenvalue weighted by Gasteiger charge is -2.12. The molecule has 0 aromatic heterocycles. The van der Waals surface area contributed by atoms with E-state index < -0.39 is 12.4 Å². The predicted molar refractivity (Wildman–Crippen MR) is 88.1 cm³/mol. The molecule has 0 radical (unpaired) electrons. The monoisotopic (exact) mass is 324 g/mol. The van der Waals surface area contributed by atoms with Crippen LogP contribution in [-0.2, 0) is 14.3 Å². The predicted octanol–water partition coefficient (Wildman–Crippen LogP) is 4.81. The Balaban J connectivity index is 1.69. The molecule has 0 N–H and O–H groups in total. The molecule has 3 aromatic rings. The minimum atomic E-state index is -0.726. The summed E-state index contributed by atoms with van der Waals surface area (Å²) in [4.78, 5) is 12.2. The average Bonchev–Trinajstić information content (AvgIpc) is 2.97. The third-order valence-electron chi connectivity index (χ3n) is 3.95. The van der Waals surface area contributed by atoms with Crippen LogP contribution in [-0.4, -0.2) is 5.97 Å². The first-order valence-electron chi connectivity index (χ1n) is 7.31. The van der Waals surface area contributed by atoms with Crippen LogP contribution >= 0.6 is 11.6 Å². The molecule has 1 heterocycles. The Morgan fingerprint density at radius 3 is 2.43 bits per heavy atom. The zero-order valence-electron chi connectivity index (χ0n) is 12.1. The van der Waals surface area contributed by atoms with Crippen molar-refractivity contribution < 1.29 is 14.3 Å². The summed E-state index contributed by atoms with van der Waals surface area (Å²) in [5.74, 6) is -0.384. The molecule has 0 aliphatic carbocycles. The Morgan fingerprint density at radius 1 is 0.870 bits per heavy atom. The number of fused-ring (bicyclic) bond motifs is 1. The zero-order valence-corrected chi connectivity index (χ0v) is 12.9. The molecule has 4 rings (SSSR count). The van der Waals surface area contributed by atoms with Gasteiger partial charge in [0.1, 0.15) is 0 Å². The molecule has 2 atom stereocenters. The van der Waals surface area contributed by atoms with Crippen molar-refractivity contribution in [1.29, 1.82) is 0 Å². The van der Waals surface area contributed by atoms with Gasteiger partial charge < -0.3 is 9.47 Å². The van der Waals surface area contributed by atoms with Gasteiger partial charge in [-0.3, -0.25) is 0 Å². The van der Waals surface area contributed by atoms with Crippen LogP contribution in [0, 0.1) is 0 Å². The smallest absolute Gasteiger partial charge is 0.342 e. The summed E-state index contributed by atoms with van der Waals surface area (Å²) in [6.45, 7) is 0. The van der Waals surface area contributed by atoms with E-state index in [1.54, 1.807) is 24.3 Å². The molecule has 1 saturated heterocycles. The Labute approximate surface area is 138 Å². The zero-order chi connectivity index (χ0) is 15.8. The van der Waals surface area contributed by atoms with E-state index >= 15 is 0 Å². The minimum absolute atomic E-state index is 0.384. The van der Waals surface area contributed by atoms with E-state index in [0.717, 1.165) is 21.9 Å². The normalized spacial score (nSPS) is 20.7. The number of esters is 1. The average molecular weight is 325 g/mol. The van der Waals surface area contributed by atoms with Gasteiger partial charge in [-0.25, -0.2) is 4.79 Å². The lowest BCUT2D eigenvalue weighted by molar-refractivity contribution is -0.144. The fourth-order valence-electron chi connectivity index (χ4n) is 2.82. The number of benzene rings is 3. The maximum atomic E-state index is 12.2. The fraction of sp³-hybridized carbons (Fsp3) is 0.105. The van der Waals surface area contributed by atoms with Crippen molar-refractivity contribution in [2.75, 3.05) is 0 Å². The molecule has 0 amide bonds. The maximum absolute atomic E-state index is 12.2. The second kappa shape index (κ2) is 5.69. The molecule has 0 unspecified atom stereocenters. The Hall–Kier alpha value is -2.36. The largest absolute Gasteiger partial charge is 0.429 e. The lowest BCUT2D eigenvalue weighted by atomic mass is 10.0. The van der Waals surface area contributed by atoms with Gasteiger partial charge in [-0.2, -0.15) is 0 Å². The fourth-order valence-corrected chi connectivity index (χ4v) is 2.95. The van der Waals surface area contributed by atoms with E-state index in [-0.39, 0.29) is 5.97 Å². The summed E-state index contributed by atoms with van der Waals surface area (Å²) >= 11 is 5.89. The van der Waals surface area contributed by atoms with Crippen LogP contribution in [0.5, 0.6) is 0 Å². The highest BCUT2D eigenvalue weighted by molar-refractivity contribution is 6.30. The number of hydrogen-bond donors (Lipinski definition) is 0. The molecule has 0 saturated carbocycles. The Morgan fingerprint density at radius 2 is 1.61 bits per heavy atom. The van der Waals surface area contributed by atoms with Crippen molar-refractivity contribution in [1.82, 2.24) is 0 Å². The SMILES string of the molecule is O=C1O[C@H](c2cccc3ccccc23)O[C@@H]1c1ccc(Cl)cc1. The standard InChI is InChI=1S/C19H13ClO3/c20-14-10-8-13(9-11-14)17-18(21)23-19(22-17)16-7-3-5-12-4-1-2-6-15(12)16/h1-11,17,19H/t17-,19-/m1/s1. The van der Waals surface area contributed by atoms with E-state index in [9.17, 15) is 4.79 Å². The molecule has 1 fully saturated rings. The molecule has 0 spiro atoms. The number of ether oxygens (including phenoxy) is 2. The molecule has 0 bridgehead atoms. The second-order valence-electron chi connectivity index (χ2n) is 5.40. The van der Waals surface area contributed by atoms with Crippen LogP contribution in [0.3, 0.4) is 0 Å². The summed E-state index contributed by atoms with van der Waals surface area (Å²) in [5, 5.41) is 2.72. The van der Waals surface area contributed by atoms with Gasteiger partial charge in [0.05, 0.1) is 0 Å². The van der Waals surface area contributed by atoms with E-state index in [1.807, 2.05) is 42.5 Å². The molecule has 3 aromatic carbocycles. The van der Waals surface area contributed by atoms with Gasteiger partial charge >= 0.3 is 5.97 Å². The number of halogens is 1. The Bertz CT molecular complexity index is 868. The Kier molecular flexibility index (Phi) is 3.52. The van der Waals surface area contributed by atoms with Crippen LogP contribution in [0.4, 0.5) is 0 Å². The number of carbonyl (C=O) groups excluding carboxylic acids is 1. The summed E-state index contributed by atoms with van der Waals surface area (Å²) < 4.78 is 11.3. The topological polar surface area (TPSA) is 35.5 Å². The quantitative estimate of drug-likeness (QED) is 0.635. The third kappa shape index (κ3) is 2.58. The van der Waals surface area contributed by atoms with Crippen molar-refractivity contribution in [2.24, 2.45) is 0 Å². The summed E-state index contributed by atoms with van der Waals surface area (Å²) in [6, 6.07) is 20.9. The second-order valence-corrected chi connectivity index (χ2v) is 5.84. The molecule has 4 heteroatoms.